The smallest absolute Gasteiger partial charge is 0.339 e. The Kier molecular flexibility index (Phi) is 3.88. The minimum absolute atomic E-state index is 0.408. The van der Waals surface area contributed by atoms with E-state index in [0.717, 1.165) is 0 Å². The first-order valence-corrected chi connectivity index (χ1v) is 4.85. The molecular formula is C9H10BrNO3. The number of methoxy groups -OCH3 is 1. The van der Waals surface area contributed by atoms with Crippen LogP contribution >= 0.6 is 15.9 Å². The fourth-order valence-corrected chi connectivity index (χ4v) is 1.29. The van der Waals surface area contributed by atoms with Crippen LogP contribution in [-0.4, -0.2) is 24.7 Å². The summed E-state index contributed by atoms with van der Waals surface area (Å²) in [5.74, 6) is -0.00340. The number of carbonyl (C=O) groups is 1. The number of pyridine rings is 1. The molecule has 0 amide bonds. The van der Waals surface area contributed by atoms with Gasteiger partial charge in [-0.2, -0.15) is 0 Å². The molecule has 0 fully saturated rings. The first-order valence-electron chi connectivity index (χ1n) is 4.05. The zero-order valence-corrected chi connectivity index (χ0v) is 9.50. The highest BCUT2D eigenvalue weighted by atomic mass is 79.9. The van der Waals surface area contributed by atoms with Gasteiger partial charge in [0.25, 0.3) is 0 Å². The molecule has 0 atom stereocenters. The number of halogens is 1. The molecule has 0 radical (unpaired) electrons. The molecule has 0 unspecified atom stereocenters. The Hall–Kier alpha value is -1.10. The van der Waals surface area contributed by atoms with Crippen molar-refractivity contribution in [2.24, 2.45) is 0 Å². The molecule has 0 aliphatic carbocycles. The number of esters is 1. The van der Waals surface area contributed by atoms with Crippen molar-refractivity contribution in [1.82, 2.24) is 4.98 Å². The highest BCUT2D eigenvalue weighted by molar-refractivity contribution is 9.10. The Morgan fingerprint density at radius 3 is 2.93 bits per heavy atom. The Morgan fingerprint density at radius 2 is 2.36 bits per heavy atom. The predicted molar refractivity (Wildman–Crippen MR) is 54.4 cm³/mol. The molecule has 0 saturated heterocycles. The minimum atomic E-state index is -0.416. The fraction of sp³-hybridized carbons (Fsp3) is 0.333. The molecule has 1 aromatic heterocycles. The molecule has 0 aromatic carbocycles. The monoisotopic (exact) mass is 259 g/mol. The van der Waals surface area contributed by atoms with E-state index in [1.54, 1.807) is 6.07 Å². The molecule has 14 heavy (non-hydrogen) atoms. The lowest BCUT2D eigenvalue weighted by atomic mass is 10.3. The third kappa shape index (κ3) is 2.45. The number of aromatic nitrogens is 1. The van der Waals surface area contributed by atoms with Crippen molar-refractivity contribution in [3.05, 3.63) is 22.3 Å². The maximum absolute atomic E-state index is 11.3. The summed E-state index contributed by atoms with van der Waals surface area (Å²) in [6, 6.07) is 1.54. The van der Waals surface area contributed by atoms with Crippen LogP contribution in [0.2, 0.25) is 0 Å². The lowest BCUT2D eigenvalue weighted by Crippen LogP contribution is -2.04. The first kappa shape index (κ1) is 11.0. The van der Waals surface area contributed by atoms with Crippen LogP contribution in [0.5, 0.6) is 5.88 Å². The number of carbonyl (C=O) groups excluding carboxylic acids is 1. The number of nitrogens with zero attached hydrogens (tertiary/aromatic N) is 1. The van der Waals surface area contributed by atoms with E-state index in [1.807, 2.05) is 6.92 Å². The minimum Gasteiger partial charge on any atom is -0.478 e. The quantitative estimate of drug-likeness (QED) is 0.780. The highest BCUT2D eigenvalue weighted by Gasteiger charge is 2.12. The lowest BCUT2D eigenvalue weighted by Gasteiger charge is -2.05. The van der Waals surface area contributed by atoms with Gasteiger partial charge in [0.05, 0.1) is 23.8 Å². The standard InChI is InChI=1S/C9H10BrNO3/c1-3-14-8-4-6(9(12)13-2)7(10)5-11-8/h4-5H,3H2,1-2H3. The molecule has 1 heterocycles. The summed E-state index contributed by atoms with van der Waals surface area (Å²) in [7, 11) is 1.33. The molecule has 0 spiro atoms. The van der Waals surface area contributed by atoms with Gasteiger partial charge in [-0.1, -0.05) is 0 Å². The number of ether oxygens (including phenoxy) is 2. The lowest BCUT2D eigenvalue weighted by molar-refractivity contribution is 0.0599. The predicted octanol–water partition coefficient (Wildman–Crippen LogP) is 2.03. The van der Waals surface area contributed by atoms with Crippen molar-refractivity contribution >= 4 is 21.9 Å². The number of hydrogen-bond donors (Lipinski definition) is 0. The van der Waals surface area contributed by atoms with Gasteiger partial charge in [0, 0.05) is 12.3 Å². The Bertz CT molecular complexity index is 341. The third-order valence-electron chi connectivity index (χ3n) is 1.53. The van der Waals surface area contributed by atoms with E-state index < -0.39 is 5.97 Å². The number of rotatable bonds is 3. The van der Waals surface area contributed by atoms with Gasteiger partial charge in [0.15, 0.2) is 0 Å². The second-order valence-electron chi connectivity index (χ2n) is 2.43. The van der Waals surface area contributed by atoms with Crippen LogP contribution in [0.15, 0.2) is 16.7 Å². The zero-order valence-electron chi connectivity index (χ0n) is 7.91. The Labute approximate surface area is 90.4 Å². The van der Waals surface area contributed by atoms with Gasteiger partial charge in [0.1, 0.15) is 0 Å². The zero-order chi connectivity index (χ0) is 10.6. The average Bonchev–Trinajstić information content (AvgIpc) is 2.20. The number of hydrogen-bond acceptors (Lipinski definition) is 4. The molecule has 1 rings (SSSR count). The molecule has 0 N–H and O–H groups in total. The van der Waals surface area contributed by atoms with Crippen molar-refractivity contribution < 1.29 is 14.3 Å². The summed E-state index contributed by atoms with van der Waals surface area (Å²) in [6.45, 7) is 2.36. The molecular weight excluding hydrogens is 250 g/mol. The molecule has 5 heteroatoms. The molecule has 0 saturated carbocycles. The summed E-state index contributed by atoms with van der Waals surface area (Å²) in [4.78, 5) is 15.2. The summed E-state index contributed by atoms with van der Waals surface area (Å²) in [6.07, 6.45) is 1.51. The van der Waals surface area contributed by atoms with E-state index in [0.29, 0.717) is 22.5 Å². The summed E-state index contributed by atoms with van der Waals surface area (Å²) in [5.41, 5.74) is 0.408. The van der Waals surface area contributed by atoms with Crippen LogP contribution in [0.4, 0.5) is 0 Å². The van der Waals surface area contributed by atoms with Gasteiger partial charge in [-0.3, -0.25) is 0 Å². The van der Waals surface area contributed by atoms with Gasteiger partial charge in [-0.25, -0.2) is 9.78 Å². The van der Waals surface area contributed by atoms with Crippen molar-refractivity contribution in [3.63, 3.8) is 0 Å². The van der Waals surface area contributed by atoms with Crippen LogP contribution in [-0.2, 0) is 4.74 Å². The van der Waals surface area contributed by atoms with Crippen molar-refractivity contribution in [2.75, 3.05) is 13.7 Å². The molecule has 76 valence electrons. The SMILES string of the molecule is CCOc1cc(C(=O)OC)c(Br)cn1. The van der Waals surface area contributed by atoms with Crippen molar-refractivity contribution in [1.29, 1.82) is 0 Å². The molecule has 0 aliphatic rings. The summed E-state index contributed by atoms with van der Waals surface area (Å²) >= 11 is 3.20. The van der Waals surface area contributed by atoms with Crippen molar-refractivity contribution in [3.8, 4) is 5.88 Å². The van der Waals surface area contributed by atoms with E-state index in [1.165, 1.54) is 13.3 Å². The van der Waals surface area contributed by atoms with Gasteiger partial charge in [0.2, 0.25) is 5.88 Å². The average molecular weight is 260 g/mol. The molecule has 1 aromatic rings. The van der Waals surface area contributed by atoms with Gasteiger partial charge < -0.3 is 9.47 Å². The second-order valence-corrected chi connectivity index (χ2v) is 3.28. The van der Waals surface area contributed by atoms with E-state index >= 15 is 0 Å². The van der Waals surface area contributed by atoms with Gasteiger partial charge in [-0.15, -0.1) is 0 Å². The van der Waals surface area contributed by atoms with E-state index in [2.05, 4.69) is 25.7 Å². The second kappa shape index (κ2) is 4.95. The van der Waals surface area contributed by atoms with Crippen LogP contribution in [0.1, 0.15) is 17.3 Å². The Balaban J connectivity index is 3.01. The first-order chi connectivity index (χ1) is 6.69. The van der Waals surface area contributed by atoms with Crippen molar-refractivity contribution in [2.45, 2.75) is 6.92 Å². The van der Waals surface area contributed by atoms with Crippen LogP contribution in [0.25, 0.3) is 0 Å². The highest BCUT2D eigenvalue weighted by Crippen LogP contribution is 2.20. The van der Waals surface area contributed by atoms with Crippen LogP contribution in [0, 0.1) is 0 Å². The van der Waals surface area contributed by atoms with Gasteiger partial charge >= 0.3 is 5.97 Å². The topological polar surface area (TPSA) is 48.4 Å². The van der Waals surface area contributed by atoms with E-state index in [-0.39, 0.29) is 0 Å². The normalized spacial score (nSPS) is 9.64. The van der Waals surface area contributed by atoms with Crippen LogP contribution in [0.3, 0.4) is 0 Å². The van der Waals surface area contributed by atoms with Gasteiger partial charge in [-0.05, 0) is 22.9 Å². The Morgan fingerprint density at radius 1 is 1.64 bits per heavy atom. The maximum Gasteiger partial charge on any atom is 0.339 e. The summed E-state index contributed by atoms with van der Waals surface area (Å²) < 4.78 is 10.3. The van der Waals surface area contributed by atoms with E-state index in [4.69, 9.17) is 4.74 Å². The third-order valence-corrected chi connectivity index (χ3v) is 2.16. The molecule has 4 nitrogen and oxygen atoms in total. The summed E-state index contributed by atoms with van der Waals surface area (Å²) in [5, 5.41) is 0. The van der Waals surface area contributed by atoms with E-state index in [9.17, 15) is 4.79 Å². The molecule has 0 aliphatic heterocycles. The molecule has 0 bridgehead atoms. The van der Waals surface area contributed by atoms with Crippen LogP contribution < -0.4 is 4.74 Å². The maximum atomic E-state index is 11.3. The largest absolute Gasteiger partial charge is 0.478 e. The fourth-order valence-electron chi connectivity index (χ4n) is 0.913.